The lowest BCUT2D eigenvalue weighted by Gasteiger charge is -2.14. The fraction of sp³-hybridized carbons (Fsp3) is 0.529. The average Bonchev–Trinajstić information content (AvgIpc) is 3.05. The number of nitrogens with one attached hydrogen (secondary N) is 2. The summed E-state index contributed by atoms with van der Waals surface area (Å²) in [7, 11) is 3.12. The van der Waals surface area contributed by atoms with Gasteiger partial charge in [0.05, 0.1) is 14.2 Å². The summed E-state index contributed by atoms with van der Waals surface area (Å²) in [5.74, 6) is 1.62. The standard InChI is InChI=1S/C17H23ClN2O3S/c1-22-14-8-12(13(18)9-15(14)23-2)10-19-17(24)20-16(21)7-11-5-3-4-6-11/h8-9,11H,3-7,10H2,1-2H3,(H2,19,20,21,24). The van der Waals surface area contributed by atoms with Crippen molar-refractivity contribution in [3.05, 3.63) is 22.7 Å². The van der Waals surface area contributed by atoms with E-state index in [1.165, 1.54) is 12.8 Å². The first-order chi connectivity index (χ1) is 11.5. The molecule has 1 aliphatic carbocycles. The minimum atomic E-state index is -0.0298. The maximum atomic E-state index is 12.0. The predicted octanol–water partition coefficient (Wildman–Crippen LogP) is 3.43. The summed E-state index contributed by atoms with van der Waals surface area (Å²) in [5.41, 5.74) is 0.807. The molecule has 0 atom stereocenters. The molecule has 0 aromatic heterocycles. The molecule has 7 heteroatoms. The lowest BCUT2D eigenvalue weighted by atomic mass is 10.0. The highest BCUT2D eigenvalue weighted by Crippen LogP contribution is 2.33. The van der Waals surface area contributed by atoms with Crippen LogP contribution in [-0.2, 0) is 11.3 Å². The molecular weight excluding hydrogens is 348 g/mol. The lowest BCUT2D eigenvalue weighted by Crippen LogP contribution is -2.39. The molecule has 5 nitrogen and oxygen atoms in total. The molecule has 0 unspecified atom stereocenters. The normalized spacial score (nSPS) is 14.3. The highest BCUT2D eigenvalue weighted by Gasteiger charge is 2.19. The minimum absolute atomic E-state index is 0.0298. The van der Waals surface area contributed by atoms with E-state index in [4.69, 9.17) is 33.3 Å². The Balaban J connectivity index is 1.85. The molecule has 1 saturated carbocycles. The van der Waals surface area contributed by atoms with Crippen molar-refractivity contribution in [1.29, 1.82) is 0 Å². The number of carbonyl (C=O) groups is 1. The van der Waals surface area contributed by atoms with Crippen molar-refractivity contribution >= 4 is 34.8 Å². The summed E-state index contributed by atoms with van der Waals surface area (Å²) < 4.78 is 10.5. The Labute approximate surface area is 153 Å². The van der Waals surface area contributed by atoms with Gasteiger partial charge in [0.1, 0.15) is 0 Å². The van der Waals surface area contributed by atoms with Crippen molar-refractivity contribution < 1.29 is 14.3 Å². The molecule has 1 aromatic carbocycles. The van der Waals surface area contributed by atoms with Crippen LogP contribution in [0.25, 0.3) is 0 Å². The number of carbonyl (C=O) groups excluding carboxylic acids is 1. The maximum absolute atomic E-state index is 12.0. The van der Waals surface area contributed by atoms with Crippen LogP contribution in [0.5, 0.6) is 11.5 Å². The third-order valence-corrected chi connectivity index (χ3v) is 4.79. The van der Waals surface area contributed by atoms with E-state index in [9.17, 15) is 4.79 Å². The number of methoxy groups -OCH3 is 2. The molecule has 1 fully saturated rings. The summed E-state index contributed by atoms with van der Waals surface area (Å²) in [5, 5.41) is 6.58. The quantitative estimate of drug-likeness (QED) is 0.751. The van der Waals surface area contributed by atoms with E-state index in [-0.39, 0.29) is 5.91 Å². The molecule has 1 aromatic rings. The van der Waals surface area contributed by atoms with Crippen molar-refractivity contribution in [2.24, 2.45) is 5.92 Å². The second-order valence-corrected chi connectivity index (χ2v) is 6.70. The number of hydrogen-bond acceptors (Lipinski definition) is 4. The summed E-state index contributed by atoms with van der Waals surface area (Å²) in [6.07, 6.45) is 5.25. The van der Waals surface area contributed by atoms with E-state index < -0.39 is 0 Å². The Morgan fingerprint density at radius 2 is 1.88 bits per heavy atom. The van der Waals surface area contributed by atoms with Gasteiger partial charge in [0.2, 0.25) is 5.91 Å². The highest BCUT2D eigenvalue weighted by atomic mass is 35.5. The first-order valence-corrected chi connectivity index (χ1v) is 8.80. The van der Waals surface area contributed by atoms with Gasteiger partial charge >= 0.3 is 0 Å². The van der Waals surface area contributed by atoms with Gasteiger partial charge < -0.3 is 20.1 Å². The number of amides is 1. The van der Waals surface area contributed by atoms with Crippen LogP contribution < -0.4 is 20.1 Å². The van der Waals surface area contributed by atoms with Crippen LogP contribution in [0.15, 0.2) is 12.1 Å². The zero-order chi connectivity index (χ0) is 17.5. The van der Waals surface area contributed by atoms with Crippen LogP contribution in [0.4, 0.5) is 0 Å². The number of hydrogen-bond donors (Lipinski definition) is 2. The molecule has 0 radical (unpaired) electrons. The summed E-state index contributed by atoms with van der Waals surface area (Å²) in [6.45, 7) is 0.391. The van der Waals surface area contributed by atoms with Gasteiger partial charge in [-0.2, -0.15) is 0 Å². The van der Waals surface area contributed by atoms with Gasteiger partial charge in [-0.15, -0.1) is 0 Å². The van der Waals surface area contributed by atoms with E-state index in [1.807, 2.05) is 0 Å². The Morgan fingerprint density at radius 3 is 2.50 bits per heavy atom. The van der Waals surface area contributed by atoms with E-state index >= 15 is 0 Å². The SMILES string of the molecule is COc1cc(Cl)c(CNC(=S)NC(=O)CC2CCCC2)cc1OC. The zero-order valence-corrected chi connectivity index (χ0v) is 15.6. The van der Waals surface area contributed by atoms with Gasteiger partial charge in [-0.05, 0) is 42.6 Å². The molecule has 0 aliphatic heterocycles. The van der Waals surface area contributed by atoms with Crippen molar-refractivity contribution in [1.82, 2.24) is 10.6 Å². The van der Waals surface area contributed by atoms with Crippen molar-refractivity contribution in [3.8, 4) is 11.5 Å². The highest BCUT2D eigenvalue weighted by molar-refractivity contribution is 7.80. The fourth-order valence-electron chi connectivity index (χ4n) is 2.91. The Bertz CT molecular complexity index is 604. The molecule has 132 valence electrons. The van der Waals surface area contributed by atoms with Gasteiger partial charge in [-0.25, -0.2) is 0 Å². The summed E-state index contributed by atoms with van der Waals surface area (Å²) in [4.78, 5) is 12.0. The molecule has 24 heavy (non-hydrogen) atoms. The van der Waals surface area contributed by atoms with Crippen molar-refractivity contribution in [2.45, 2.75) is 38.6 Å². The zero-order valence-electron chi connectivity index (χ0n) is 14.0. The van der Waals surface area contributed by atoms with E-state index in [0.717, 1.165) is 18.4 Å². The number of thiocarbonyl (C=S) groups is 1. The smallest absolute Gasteiger partial charge is 0.226 e. The molecule has 0 bridgehead atoms. The second kappa shape index (κ2) is 9.08. The third kappa shape index (κ3) is 5.24. The Morgan fingerprint density at radius 1 is 1.25 bits per heavy atom. The van der Waals surface area contributed by atoms with Crippen LogP contribution in [-0.4, -0.2) is 25.2 Å². The molecule has 0 spiro atoms. The first kappa shape index (κ1) is 18.8. The second-order valence-electron chi connectivity index (χ2n) is 5.88. The van der Waals surface area contributed by atoms with Crippen LogP contribution in [0.2, 0.25) is 5.02 Å². The van der Waals surface area contributed by atoms with E-state index in [0.29, 0.717) is 40.5 Å². The largest absolute Gasteiger partial charge is 0.493 e. The van der Waals surface area contributed by atoms with Crippen LogP contribution in [0.3, 0.4) is 0 Å². The Kier molecular flexibility index (Phi) is 7.12. The van der Waals surface area contributed by atoms with Gasteiger partial charge in [-0.1, -0.05) is 24.4 Å². The van der Waals surface area contributed by atoms with Crippen LogP contribution in [0.1, 0.15) is 37.7 Å². The average molecular weight is 371 g/mol. The van der Waals surface area contributed by atoms with Crippen LogP contribution >= 0.6 is 23.8 Å². The van der Waals surface area contributed by atoms with Crippen molar-refractivity contribution in [2.75, 3.05) is 14.2 Å². The monoisotopic (exact) mass is 370 g/mol. The summed E-state index contributed by atoms with van der Waals surface area (Å²) in [6, 6.07) is 3.48. The Hall–Kier alpha value is -1.53. The minimum Gasteiger partial charge on any atom is -0.493 e. The van der Waals surface area contributed by atoms with Gasteiger partial charge in [0.25, 0.3) is 0 Å². The molecule has 1 aliphatic rings. The number of ether oxygens (including phenoxy) is 2. The molecule has 0 heterocycles. The molecule has 0 saturated heterocycles. The van der Waals surface area contributed by atoms with Gasteiger partial charge in [0.15, 0.2) is 16.6 Å². The van der Waals surface area contributed by atoms with E-state index in [1.54, 1.807) is 26.4 Å². The van der Waals surface area contributed by atoms with Gasteiger partial charge in [-0.3, -0.25) is 4.79 Å². The number of benzene rings is 1. The molecule has 2 rings (SSSR count). The maximum Gasteiger partial charge on any atom is 0.226 e. The lowest BCUT2D eigenvalue weighted by molar-refractivity contribution is -0.120. The van der Waals surface area contributed by atoms with E-state index in [2.05, 4.69) is 10.6 Å². The number of rotatable bonds is 6. The van der Waals surface area contributed by atoms with Crippen LogP contribution in [0, 0.1) is 5.92 Å². The molecular formula is C17H23ClN2O3S. The van der Waals surface area contributed by atoms with Gasteiger partial charge in [0, 0.05) is 24.1 Å². The number of halogens is 1. The summed E-state index contributed by atoms with van der Waals surface area (Å²) >= 11 is 11.4. The topological polar surface area (TPSA) is 59.6 Å². The fourth-order valence-corrected chi connectivity index (χ4v) is 3.31. The predicted molar refractivity (Wildman–Crippen MR) is 98.7 cm³/mol. The first-order valence-electron chi connectivity index (χ1n) is 8.01. The molecule has 2 N–H and O–H groups in total. The van der Waals surface area contributed by atoms with Crippen molar-refractivity contribution in [3.63, 3.8) is 0 Å². The molecule has 1 amide bonds. The third-order valence-electron chi connectivity index (χ3n) is 4.19.